The fourth-order valence-electron chi connectivity index (χ4n) is 1.46. The van der Waals surface area contributed by atoms with Gasteiger partial charge in [-0.2, -0.15) is 11.8 Å². The minimum absolute atomic E-state index is 0.292. The van der Waals surface area contributed by atoms with Gasteiger partial charge >= 0.3 is 0 Å². The van der Waals surface area contributed by atoms with Gasteiger partial charge in [0, 0.05) is 11.8 Å². The van der Waals surface area contributed by atoms with Crippen LogP contribution in [0.2, 0.25) is 0 Å². The van der Waals surface area contributed by atoms with Crippen LogP contribution in [-0.2, 0) is 0 Å². The van der Waals surface area contributed by atoms with E-state index in [1.807, 2.05) is 12.3 Å². The van der Waals surface area contributed by atoms with Crippen molar-refractivity contribution >= 4 is 29.0 Å². The van der Waals surface area contributed by atoms with E-state index in [-0.39, 0.29) is 0 Å². The number of benzene rings is 1. The first-order chi connectivity index (χ1) is 7.56. The summed E-state index contributed by atoms with van der Waals surface area (Å²) in [5.74, 6) is 0.471. The maximum Gasteiger partial charge on any atom is 0.250 e. The van der Waals surface area contributed by atoms with Crippen LogP contribution in [0, 0.1) is 0 Å². The molecule has 0 aliphatic rings. The van der Waals surface area contributed by atoms with Crippen LogP contribution in [0.1, 0.15) is 17.3 Å². The van der Waals surface area contributed by atoms with Crippen molar-refractivity contribution in [3.63, 3.8) is 0 Å². The lowest BCUT2D eigenvalue weighted by molar-refractivity contribution is 0.100. The van der Waals surface area contributed by atoms with Crippen LogP contribution in [0.4, 0.5) is 11.4 Å². The Hall–Kier alpha value is -1.36. The Labute approximate surface area is 99.8 Å². The molecule has 5 N–H and O–H groups in total. The second kappa shape index (κ2) is 5.65. The number of amides is 1. The van der Waals surface area contributed by atoms with Crippen LogP contribution in [0.25, 0.3) is 0 Å². The van der Waals surface area contributed by atoms with Gasteiger partial charge in [0.05, 0.1) is 16.9 Å². The molecule has 0 heterocycles. The molecule has 0 aliphatic carbocycles. The number of hydrogen-bond donors (Lipinski definition) is 3. The van der Waals surface area contributed by atoms with Crippen molar-refractivity contribution in [1.82, 2.24) is 0 Å². The zero-order valence-electron chi connectivity index (χ0n) is 9.49. The predicted molar refractivity (Wildman–Crippen MR) is 70.8 cm³/mol. The zero-order chi connectivity index (χ0) is 12.1. The van der Waals surface area contributed by atoms with Crippen molar-refractivity contribution in [2.24, 2.45) is 5.73 Å². The maximum atomic E-state index is 11.1. The normalized spacial score (nSPS) is 12.1. The van der Waals surface area contributed by atoms with Crippen LogP contribution in [-0.4, -0.2) is 24.0 Å². The molecule has 1 aromatic carbocycles. The van der Waals surface area contributed by atoms with E-state index in [0.717, 1.165) is 11.4 Å². The standard InChI is InChI=1S/C11H17N3OS/c1-7(6-16-2)14-9-5-3-4-8(10(9)12)11(13)15/h3-5,7,14H,6,12H2,1-2H3,(H2,13,15). The Balaban J connectivity index is 2.89. The number of primary amides is 1. The smallest absolute Gasteiger partial charge is 0.250 e. The van der Waals surface area contributed by atoms with Crippen molar-refractivity contribution in [1.29, 1.82) is 0 Å². The summed E-state index contributed by atoms with van der Waals surface area (Å²) < 4.78 is 0. The number of hydrogen-bond acceptors (Lipinski definition) is 4. The van der Waals surface area contributed by atoms with Gasteiger partial charge in [-0.3, -0.25) is 4.79 Å². The van der Waals surface area contributed by atoms with E-state index in [9.17, 15) is 4.79 Å². The minimum atomic E-state index is -0.501. The third-order valence-corrected chi connectivity index (χ3v) is 3.02. The van der Waals surface area contributed by atoms with Gasteiger partial charge in [-0.05, 0) is 25.3 Å². The monoisotopic (exact) mass is 239 g/mol. The van der Waals surface area contributed by atoms with E-state index >= 15 is 0 Å². The van der Waals surface area contributed by atoms with Gasteiger partial charge in [0.1, 0.15) is 0 Å². The lowest BCUT2D eigenvalue weighted by Gasteiger charge is -2.16. The number of nitrogens with two attached hydrogens (primary N) is 2. The number of para-hydroxylation sites is 1. The summed E-state index contributed by atoms with van der Waals surface area (Å²) in [5, 5.41) is 3.25. The number of nitrogen functional groups attached to an aromatic ring is 1. The Morgan fingerprint density at radius 3 is 2.81 bits per heavy atom. The molecule has 5 heteroatoms. The predicted octanol–water partition coefficient (Wildman–Crippen LogP) is 1.53. The molecule has 88 valence electrons. The summed E-state index contributed by atoms with van der Waals surface area (Å²) in [6, 6.07) is 5.53. The molecule has 1 amide bonds. The minimum Gasteiger partial charge on any atom is -0.396 e. The fourth-order valence-corrected chi connectivity index (χ4v) is 2.05. The average Bonchev–Trinajstić information content (AvgIpc) is 2.21. The van der Waals surface area contributed by atoms with Crippen LogP contribution in [0.5, 0.6) is 0 Å². The van der Waals surface area contributed by atoms with Gasteiger partial charge in [-0.25, -0.2) is 0 Å². The summed E-state index contributed by atoms with van der Waals surface area (Å²) in [6.45, 7) is 2.06. The lowest BCUT2D eigenvalue weighted by Crippen LogP contribution is -2.20. The molecule has 1 aromatic rings. The summed E-state index contributed by atoms with van der Waals surface area (Å²) in [6.07, 6.45) is 2.04. The van der Waals surface area contributed by atoms with Gasteiger partial charge < -0.3 is 16.8 Å². The van der Waals surface area contributed by atoms with E-state index in [2.05, 4.69) is 12.2 Å². The number of carbonyl (C=O) groups is 1. The quantitative estimate of drug-likeness (QED) is 0.681. The first-order valence-corrected chi connectivity index (χ1v) is 6.39. The van der Waals surface area contributed by atoms with Gasteiger partial charge in [-0.1, -0.05) is 6.07 Å². The van der Waals surface area contributed by atoms with Crippen LogP contribution in [0.15, 0.2) is 18.2 Å². The fraction of sp³-hybridized carbons (Fsp3) is 0.364. The Morgan fingerprint density at radius 2 is 2.25 bits per heavy atom. The number of nitrogens with one attached hydrogen (secondary N) is 1. The highest BCUT2D eigenvalue weighted by Gasteiger charge is 2.10. The molecule has 0 aromatic heterocycles. The summed E-state index contributed by atoms with van der Waals surface area (Å²) >= 11 is 1.75. The molecule has 1 rings (SSSR count). The molecule has 0 aliphatic heterocycles. The summed E-state index contributed by atoms with van der Waals surface area (Å²) in [4.78, 5) is 11.1. The third kappa shape index (κ3) is 3.06. The van der Waals surface area contributed by atoms with Crippen LogP contribution in [0.3, 0.4) is 0 Å². The van der Waals surface area contributed by atoms with Crippen molar-refractivity contribution in [2.75, 3.05) is 23.1 Å². The van der Waals surface area contributed by atoms with Gasteiger partial charge in [0.2, 0.25) is 0 Å². The van der Waals surface area contributed by atoms with Crippen LogP contribution < -0.4 is 16.8 Å². The molecule has 4 nitrogen and oxygen atoms in total. The van der Waals surface area contributed by atoms with Crippen molar-refractivity contribution in [3.05, 3.63) is 23.8 Å². The van der Waals surface area contributed by atoms with E-state index in [1.54, 1.807) is 23.9 Å². The Kier molecular flexibility index (Phi) is 4.49. The molecule has 0 spiro atoms. The summed E-state index contributed by atoms with van der Waals surface area (Å²) in [7, 11) is 0. The molecular formula is C11H17N3OS. The molecule has 1 atom stereocenters. The zero-order valence-corrected chi connectivity index (χ0v) is 10.3. The number of thioether (sulfide) groups is 1. The maximum absolute atomic E-state index is 11.1. The van der Waals surface area contributed by atoms with Crippen molar-refractivity contribution in [3.8, 4) is 0 Å². The highest BCUT2D eigenvalue weighted by atomic mass is 32.2. The van der Waals surface area contributed by atoms with Gasteiger partial charge in [0.25, 0.3) is 5.91 Å². The largest absolute Gasteiger partial charge is 0.396 e. The van der Waals surface area contributed by atoms with Crippen molar-refractivity contribution in [2.45, 2.75) is 13.0 Å². The second-order valence-corrected chi connectivity index (χ2v) is 4.54. The second-order valence-electron chi connectivity index (χ2n) is 3.63. The number of carbonyl (C=O) groups excluding carboxylic acids is 1. The highest BCUT2D eigenvalue weighted by molar-refractivity contribution is 7.98. The molecule has 0 radical (unpaired) electrons. The molecule has 0 bridgehead atoms. The summed E-state index contributed by atoms with van der Waals surface area (Å²) in [5.41, 5.74) is 12.6. The third-order valence-electron chi connectivity index (χ3n) is 2.19. The van der Waals surface area contributed by atoms with E-state index in [1.165, 1.54) is 0 Å². The molecule has 0 saturated heterocycles. The molecule has 16 heavy (non-hydrogen) atoms. The molecular weight excluding hydrogens is 222 g/mol. The molecule has 0 saturated carbocycles. The number of rotatable bonds is 5. The average molecular weight is 239 g/mol. The Morgan fingerprint density at radius 1 is 1.56 bits per heavy atom. The molecule has 0 fully saturated rings. The van der Waals surface area contributed by atoms with Crippen LogP contribution >= 0.6 is 11.8 Å². The van der Waals surface area contributed by atoms with E-state index in [0.29, 0.717) is 17.3 Å². The first kappa shape index (κ1) is 12.7. The SMILES string of the molecule is CSCC(C)Nc1cccc(C(N)=O)c1N. The lowest BCUT2D eigenvalue weighted by atomic mass is 10.1. The van der Waals surface area contributed by atoms with Gasteiger partial charge in [-0.15, -0.1) is 0 Å². The molecule has 1 unspecified atom stereocenters. The highest BCUT2D eigenvalue weighted by Crippen LogP contribution is 2.23. The van der Waals surface area contributed by atoms with Gasteiger partial charge in [0.15, 0.2) is 0 Å². The first-order valence-electron chi connectivity index (χ1n) is 5.00. The number of anilines is 2. The van der Waals surface area contributed by atoms with E-state index in [4.69, 9.17) is 11.5 Å². The topological polar surface area (TPSA) is 81.1 Å². The Bertz CT molecular complexity index is 381. The van der Waals surface area contributed by atoms with E-state index < -0.39 is 5.91 Å². The van der Waals surface area contributed by atoms with Crippen molar-refractivity contribution < 1.29 is 4.79 Å².